The fourth-order valence-corrected chi connectivity index (χ4v) is 1.63. The summed E-state index contributed by atoms with van der Waals surface area (Å²) >= 11 is 0. The summed E-state index contributed by atoms with van der Waals surface area (Å²) in [5.41, 5.74) is 2.80. The molecule has 0 fully saturated rings. The van der Waals surface area contributed by atoms with Crippen LogP contribution in [0.3, 0.4) is 0 Å². The van der Waals surface area contributed by atoms with Crippen molar-refractivity contribution in [1.82, 2.24) is 0 Å². The van der Waals surface area contributed by atoms with Crippen LogP contribution in [0.25, 0.3) is 0 Å². The summed E-state index contributed by atoms with van der Waals surface area (Å²) in [7, 11) is 0. The molecular formula is C12H11NO2. The van der Waals surface area contributed by atoms with E-state index in [1.807, 2.05) is 18.2 Å². The lowest BCUT2D eigenvalue weighted by atomic mass is 9.97. The molecule has 0 saturated heterocycles. The van der Waals surface area contributed by atoms with Crippen LogP contribution in [0.1, 0.15) is 28.4 Å². The number of carbonyl (C=O) groups excluding carboxylic acids is 1. The first-order valence-corrected chi connectivity index (χ1v) is 4.85. The lowest BCUT2D eigenvalue weighted by molar-refractivity contribution is 0.0956. The summed E-state index contributed by atoms with van der Waals surface area (Å²) < 4.78 is 5.26. The lowest BCUT2D eigenvalue weighted by Crippen LogP contribution is -2.09. The van der Waals surface area contributed by atoms with Crippen molar-refractivity contribution in [2.75, 3.05) is 0 Å². The molecule has 1 atom stereocenters. The highest BCUT2D eigenvalue weighted by atomic mass is 16.5. The summed E-state index contributed by atoms with van der Waals surface area (Å²) in [6, 6.07) is 7.45. The molecule has 3 nitrogen and oxygen atoms in total. The highest BCUT2D eigenvalue weighted by molar-refractivity contribution is 5.99. The van der Waals surface area contributed by atoms with Crippen LogP contribution in [-0.4, -0.2) is 5.78 Å². The van der Waals surface area contributed by atoms with Gasteiger partial charge in [-0.05, 0) is 24.1 Å². The predicted octanol–water partition coefficient (Wildman–Crippen LogP) is 2.06. The van der Waals surface area contributed by atoms with Crippen molar-refractivity contribution in [3.8, 4) is 6.07 Å². The quantitative estimate of drug-likeness (QED) is 0.688. The fraction of sp³-hybridized carbons (Fsp3) is 0.333. The van der Waals surface area contributed by atoms with Crippen LogP contribution in [0.15, 0.2) is 18.2 Å². The summed E-state index contributed by atoms with van der Waals surface area (Å²) in [5, 5.41) is 8.66. The Morgan fingerprint density at radius 3 is 2.93 bits per heavy atom. The van der Waals surface area contributed by atoms with E-state index in [2.05, 4.69) is 0 Å². The Bertz CT molecular complexity index is 445. The molecule has 0 N–H and O–H groups in total. The number of carbonyl (C=O) groups is 1. The first-order valence-electron chi connectivity index (χ1n) is 4.85. The van der Waals surface area contributed by atoms with Crippen LogP contribution < -0.4 is 0 Å². The Morgan fingerprint density at radius 2 is 2.20 bits per heavy atom. The van der Waals surface area contributed by atoms with Gasteiger partial charge >= 0.3 is 0 Å². The van der Waals surface area contributed by atoms with E-state index < -0.39 is 5.92 Å². The molecule has 0 radical (unpaired) electrons. The van der Waals surface area contributed by atoms with Crippen molar-refractivity contribution in [1.29, 1.82) is 5.26 Å². The molecule has 76 valence electrons. The maximum absolute atomic E-state index is 11.7. The third kappa shape index (κ3) is 1.77. The number of ether oxygens (including phenoxy) is 1. The largest absolute Gasteiger partial charge is 0.372 e. The third-order valence-electron chi connectivity index (χ3n) is 2.59. The normalized spacial score (nSPS) is 15.5. The average molecular weight is 201 g/mol. The third-order valence-corrected chi connectivity index (χ3v) is 2.59. The van der Waals surface area contributed by atoms with E-state index in [0.717, 1.165) is 11.1 Å². The number of nitrogens with zero attached hydrogens (tertiary/aromatic N) is 1. The summed E-state index contributed by atoms with van der Waals surface area (Å²) in [6.45, 7) is 2.81. The number of nitriles is 1. The summed E-state index contributed by atoms with van der Waals surface area (Å²) in [5.74, 6) is -0.697. The Labute approximate surface area is 88.3 Å². The van der Waals surface area contributed by atoms with Crippen LogP contribution in [-0.2, 0) is 18.0 Å². The van der Waals surface area contributed by atoms with E-state index in [1.165, 1.54) is 0 Å². The van der Waals surface area contributed by atoms with Gasteiger partial charge in [0, 0.05) is 5.56 Å². The second-order valence-corrected chi connectivity index (χ2v) is 3.69. The minimum atomic E-state index is -0.578. The van der Waals surface area contributed by atoms with Crippen molar-refractivity contribution >= 4 is 5.78 Å². The van der Waals surface area contributed by atoms with Gasteiger partial charge in [-0.15, -0.1) is 0 Å². The first-order chi connectivity index (χ1) is 7.22. The van der Waals surface area contributed by atoms with Crippen molar-refractivity contribution in [3.63, 3.8) is 0 Å². The molecule has 0 spiro atoms. The molecule has 0 saturated carbocycles. The van der Waals surface area contributed by atoms with Crippen LogP contribution in [0.4, 0.5) is 0 Å². The second kappa shape index (κ2) is 3.84. The van der Waals surface area contributed by atoms with Crippen molar-refractivity contribution in [2.24, 2.45) is 5.92 Å². The highest BCUT2D eigenvalue weighted by Crippen LogP contribution is 2.22. The maximum Gasteiger partial charge on any atom is 0.179 e. The molecule has 1 unspecified atom stereocenters. The first kappa shape index (κ1) is 9.88. The zero-order chi connectivity index (χ0) is 10.8. The van der Waals surface area contributed by atoms with E-state index in [1.54, 1.807) is 13.0 Å². The minimum Gasteiger partial charge on any atom is -0.372 e. The molecule has 0 amide bonds. The van der Waals surface area contributed by atoms with E-state index >= 15 is 0 Å². The van der Waals surface area contributed by atoms with Crippen LogP contribution in [0.5, 0.6) is 0 Å². The van der Waals surface area contributed by atoms with Crippen molar-refractivity contribution in [2.45, 2.75) is 20.1 Å². The fourth-order valence-electron chi connectivity index (χ4n) is 1.63. The van der Waals surface area contributed by atoms with Gasteiger partial charge in [0.1, 0.15) is 5.92 Å². The van der Waals surface area contributed by atoms with E-state index in [0.29, 0.717) is 18.8 Å². The molecule has 1 aromatic carbocycles. The van der Waals surface area contributed by atoms with Crippen LogP contribution in [0.2, 0.25) is 0 Å². The zero-order valence-electron chi connectivity index (χ0n) is 8.49. The Kier molecular flexibility index (Phi) is 2.53. The molecule has 3 heteroatoms. The smallest absolute Gasteiger partial charge is 0.179 e. The van der Waals surface area contributed by atoms with Gasteiger partial charge in [0.15, 0.2) is 5.78 Å². The number of Topliss-reactive ketones (excluding diaryl/α,β-unsaturated/α-hetero) is 1. The maximum atomic E-state index is 11.7. The zero-order valence-corrected chi connectivity index (χ0v) is 8.49. The second-order valence-electron chi connectivity index (χ2n) is 3.69. The minimum absolute atomic E-state index is 0.118. The van der Waals surface area contributed by atoms with E-state index in [-0.39, 0.29) is 5.78 Å². The molecule has 1 heterocycles. The summed E-state index contributed by atoms with van der Waals surface area (Å²) in [4.78, 5) is 11.7. The topological polar surface area (TPSA) is 50.1 Å². The molecule has 0 bridgehead atoms. The van der Waals surface area contributed by atoms with Crippen molar-refractivity contribution < 1.29 is 9.53 Å². The molecular weight excluding hydrogens is 190 g/mol. The molecule has 2 rings (SSSR count). The number of hydrogen-bond donors (Lipinski definition) is 0. The molecule has 1 aliphatic heterocycles. The van der Waals surface area contributed by atoms with E-state index in [4.69, 9.17) is 10.00 Å². The van der Waals surface area contributed by atoms with Gasteiger partial charge in [0.25, 0.3) is 0 Å². The SMILES string of the molecule is CC(C#N)C(=O)c1ccc2c(c1)COC2. The van der Waals surface area contributed by atoms with Gasteiger partial charge in [-0.2, -0.15) is 5.26 Å². The van der Waals surface area contributed by atoms with Crippen LogP contribution in [0, 0.1) is 17.2 Å². The number of hydrogen-bond acceptors (Lipinski definition) is 3. The van der Waals surface area contributed by atoms with Gasteiger partial charge in [0.2, 0.25) is 0 Å². The van der Waals surface area contributed by atoms with Gasteiger partial charge < -0.3 is 4.74 Å². The number of benzene rings is 1. The standard InChI is InChI=1S/C12H11NO2/c1-8(5-13)12(14)9-2-3-10-6-15-7-11(10)4-9/h2-4,8H,6-7H2,1H3. The number of ketones is 1. The molecule has 0 aromatic heterocycles. The average Bonchev–Trinajstić information content (AvgIpc) is 2.73. The number of rotatable bonds is 2. The Balaban J connectivity index is 2.31. The number of fused-ring (bicyclic) bond motifs is 1. The van der Waals surface area contributed by atoms with Crippen molar-refractivity contribution in [3.05, 3.63) is 34.9 Å². The Hall–Kier alpha value is -1.66. The summed E-state index contributed by atoms with van der Waals surface area (Å²) in [6.07, 6.45) is 0. The Morgan fingerprint density at radius 1 is 1.47 bits per heavy atom. The molecule has 15 heavy (non-hydrogen) atoms. The van der Waals surface area contributed by atoms with Gasteiger partial charge in [-0.3, -0.25) is 4.79 Å². The van der Waals surface area contributed by atoms with Crippen LogP contribution >= 0.6 is 0 Å². The monoisotopic (exact) mass is 201 g/mol. The molecule has 1 aliphatic rings. The van der Waals surface area contributed by atoms with Gasteiger partial charge in [0.05, 0.1) is 19.3 Å². The predicted molar refractivity (Wildman–Crippen MR) is 54.0 cm³/mol. The van der Waals surface area contributed by atoms with E-state index in [9.17, 15) is 4.79 Å². The molecule has 1 aromatic rings. The lowest BCUT2D eigenvalue weighted by Gasteiger charge is -2.04. The highest BCUT2D eigenvalue weighted by Gasteiger charge is 2.17. The van der Waals surface area contributed by atoms with Gasteiger partial charge in [-0.1, -0.05) is 12.1 Å². The molecule has 0 aliphatic carbocycles. The van der Waals surface area contributed by atoms with Gasteiger partial charge in [-0.25, -0.2) is 0 Å².